The van der Waals surface area contributed by atoms with E-state index in [1.54, 1.807) is 6.08 Å². The van der Waals surface area contributed by atoms with Gasteiger partial charge in [0.1, 0.15) is 0 Å². The zero-order valence-corrected chi connectivity index (χ0v) is 9.21. The Kier molecular flexibility index (Phi) is 9.22. The summed E-state index contributed by atoms with van der Waals surface area (Å²) in [4.78, 5) is 4.36. The van der Waals surface area contributed by atoms with Crippen molar-refractivity contribution < 1.29 is 0 Å². The molecule has 0 amide bonds. The van der Waals surface area contributed by atoms with Crippen LogP contribution in [0.25, 0.3) is 0 Å². The van der Waals surface area contributed by atoms with E-state index in [2.05, 4.69) is 22.2 Å². The van der Waals surface area contributed by atoms with Gasteiger partial charge >= 0.3 is 0 Å². The van der Waals surface area contributed by atoms with Crippen molar-refractivity contribution in [2.24, 2.45) is 4.99 Å². The number of hydrogen-bond acceptors (Lipinski definition) is 2. The molecule has 0 aromatic carbocycles. The molecule has 0 unspecified atom stereocenters. The minimum absolute atomic E-state index is 0.891. The molecule has 14 heavy (non-hydrogen) atoms. The highest BCUT2D eigenvalue weighted by Crippen LogP contribution is 1.88. The number of amidine groups is 1. The van der Waals surface area contributed by atoms with Gasteiger partial charge in [-0.2, -0.15) is 0 Å². The number of nitrogens with one attached hydrogen (secondary N) is 2. The third-order valence-electron chi connectivity index (χ3n) is 1.71. The fraction of sp³-hybridized carbons (Fsp3) is 0.545. The van der Waals surface area contributed by atoms with Crippen LogP contribution in [0.5, 0.6) is 0 Å². The van der Waals surface area contributed by atoms with E-state index < -0.39 is 0 Å². The summed E-state index contributed by atoms with van der Waals surface area (Å²) in [5, 5.41) is 6.17. The molecule has 0 aliphatic carbocycles. The molecule has 0 heterocycles. The van der Waals surface area contributed by atoms with Gasteiger partial charge in [-0.1, -0.05) is 12.7 Å². The molecule has 0 spiro atoms. The molecule has 0 aromatic rings. The van der Waals surface area contributed by atoms with E-state index in [1.807, 2.05) is 26.2 Å². The molecule has 0 rings (SSSR count). The summed E-state index contributed by atoms with van der Waals surface area (Å²) in [5.74, 6) is 0.951. The van der Waals surface area contributed by atoms with Gasteiger partial charge in [-0.3, -0.25) is 4.99 Å². The molecule has 0 fully saturated rings. The van der Waals surface area contributed by atoms with Crippen LogP contribution in [0.2, 0.25) is 0 Å². The van der Waals surface area contributed by atoms with Gasteiger partial charge in [-0.05, 0) is 39.4 Å². The number of nitrogens with zero attached hydrogens (tertiary/aromatic N) is 1. The standard InChI is InChI=1S/C11H21N3/c1-4-5-9-13-11(2)14-10-7-6-8-12-3/h4-5,9,12H,1,6-8,10H2,2-3H3,(H,13,14)/b9-5-. The van der Waals surface area contributed by atoms with Gasteiger partial charge in [0.25, 0.3) is 0 Å². The molecule has 3 nitrogen and oxygen atoms in total. The van der Waals surface area contributed by atoms with Crippen molar-refractivity contribution in [2.45, 2.75) is 19.8 Å². The van der Waals surface area contributed by atoms with E-state index in [-0.39, 0.29) is 0 Å². The fourth-order valence-corrected chi connectivity index (χ4v) is 0.943. The summed E-state index contributed by atoms with van der Waals surface area (Å²) >= 11 is 0. The third-order valence-corrected chi connectivity index (χ3v) is 1.71. The SMILES string of the molecule is C=C/C=C\NC(C)=NCCCCNC. The molecule has 80 valence electrons. The third kappa shape index (κ3) is 9.00. The first-order valence-corrected chi connectivity index (χ1v) is 5.01. The highest BCUT2D eigenvalue weighted by atomic mass is 15.0. The molecule has 0 radical (unpaired) electrons. The van der Waals surface area contributed by atoms with Crippen molar-refractivity contribution in [1.29, 1.82) is 0 Å². The summed E-state index contributed by atoms with van der Waals surface area (Å²) < 4.78 is 0. The Balaban J connectivity index is 3.45. The van der Waals surface area contributed by atoms with Gasteiger partial charge in [-0.25, -0.2) is 0 Å². The molecule has 2 N–H and O–H groups in total. The zero-order chi connectivity index (χ0) is 10.6. The Morgan fingerprint density at radius 1 is 1.43 bits per heavy atom. The van der Waals surface area contributed by atoms with E-state index in [4.69, 9.17) is 0 Å². The summed E-state index contributed by atoms with van der Waals surface area (Å²) in [5.41, 5.74) is 0. The Bertz CT molecular complexity index is 195. The van der Waals surface area contributed by atoms with Crippen LogP contribution < -0.4 is 10.6 Å². The topological polar surface area (TPSA) is 36.4 Å². The van der Waals surface area contributed by atoms with Crippen molar-refractivity contribution >= 4 is 5.84 Å². The smallest absolute Gasteiger partial charge is 0.0970 e. The maximum Gasteiger partial charge on any atom is 0.0970 e. The first-order valence-electron chi connectivity index (χ1n) is 5.01. The lowest BCUT2D eigenvalue weighted by Crippen LogP contribution is -2.13. The van der Waals surface area contributed by atoms with Gasteiger partial charge in [0, 0.05) is 12.7 Å². The van der Waals surface area contributed by atoms with E-state index >= 15 is 0 Å². The van der Waals surface area contributed by atoms with Crippen LogP contribution in [0.3, 0.4) is 0 Å². The lowest BCUT2D eigenvalue weighted by atomic mass is 10.3. The first kappa shape index (κ1) is 12.9. The highest BCUT2D eigenvalue weighted by molar-refractivity contribution is 5.80. The molecule has 0 saturated heterocycles. The summed E-state index contributed by atoms with van der Waals surface area (Å²) in [6.45, 7) is 7.50. The largest absolute Gasteiger partial charge is 0.351 e. The normalized spacial score (nSPS) is 12.0. The van der Waals surface area contributed by atoms with Gasteiger partial charge in [0.2, 0.25) is 0 Å². The molecule has 0 aliphatic heterocycles. The van der Waals surface area contributed by atoms with E-state index in [0.29, 0.717) is 0 Å². The number of allylic oxidation sites excluding steroid dienone is 2. The van der Waals surface area contributed by atoms with E-state index in [1.165, 1.54) is 6.42 Å². The molecule has 0 atom stereocenters. The zero-order valence-electron chi connectivity index (χ0n) is 9.21. The van der Waals surface area contributed by atoms with Gasteiger partial charge < -0.3 is 10.6 Å². The quantitative estimate of drug-likeness (QED) is 0.281. The predicted octanol–water partition coefficient (Wildman–Crippen LogP) is 1.69. The first-order chi connectivity index (χ1) is 6.81. The predicted molar refractivity (Wildman–Crippen MR) is 63.6 cm³/mol. The van der Waals surface area contributed by atoms with Gasteiger partial charge in [0.15, 0.2) is 0 Å². The second-order valence-corrected chi connectivity index (χ2v) is 3.02. The number of unbranched alkanes of at least 4 members (excludes halogenated alkanes) is 1. The maximum absolute atomic E-state index is 4.36. The Morgan fingerprint density at radius 3 is 2.86 bits per heavy atom. The van der Waals surface area contributed by atoms with Crippen molar-refractivity contribution in [3.63, 3.8) is 0 Å². The minimum atomic E-state index is 0.891. The summed E-state index contributed by atoms with van der Waals surface area (Å²) in [6.07, 6.45) is 7.72. The van der Waals surface area contributed by atoms with Crippen LogP contribution in [0.1, 0.15) is 19.8 Å². The number of hydrogen-bond donors (Lipinski definition) is 2. The Morgan fingerprint density at radius 2 is 2.21 bits per heavy atom. The molecular formula is C11H21N3. The molecule has 0 saturated carbocycles. The lowest BCUT2D eigenvalue weighted by molar-refractivity contribution is 0.684. The van der Waals surface area contributed by atoms with Crippen LogP contribution >= 0.6 is 0 Å². The van der Waals surface area contributed by atoms with Gasteiger partial charge in [0.05, 0.1) is 5.84 Å². The van der Waals surface area contributed by atoms with Crippen molar-refractivity contribution in [3.05, 3.63) is 24.9 Å². The maximum atomic E-state index is 4.36. The minimum Gasteiger partial charge on any atom is -0.351 e. The van der Waals surface area contributed by atoms with Crippen LogP contribution in [0, 0.1) is 0 Å². The van der Waals surface area contributed by atoms with Crippen molar-refractivity contribution in [1.82, 2.24) is 10.6 Å². The van der Waals surface area contributed by atoms with Crippen molar-refractivity contribution in [2.75, 3.05) is 20.1 Å². The second-order valence-electron chi connectivity index (χ2n) is 3.02. The average molecular weight is 195 g/mol. The highest BCUT2D eigenvalue weighted by Gasteiger charge is 1.87. The van der Waals surface area contributed by atoms with Crippen LogP contribution in [0.15, 0.2) is 29.9 Å². The lowest BCUT2D eigenvalue weighted by Gasteiger charge is -2.00. The summed E-state index contributed by atoms with van der Waals surface area (Å²) in [6, 6.07) is 0. The summed E-state index contributed by atoms with van der Waals surface area (Å²) in [7, 11) is 1.97. The van der Waals surface area contributed by atoms with Gasteiger partial charge in [-0.15, -0.1) is 0 Å². The Labute approximate surface area is 87.0 Å². The molecule has 0 aromatic heterocycles. The second kappa shape index (κ2) is 9.99. The molecule has 3 heteroatoms. The van der Waals surface area contributed by atoms with Crippen LogP contribution in [-0.4, -0.2) is 26.0 Å². The Hall–Kier alpha value is -1.09. The fourth-order valence-electron chi connectivity index (χ4n) is 0.943. The monoisotopic (exact) mass is 195 g/mol. The number of aliphatic imine (C=N–C) groups is 1. The molecular weight excluding hydrogens is 174 g/mol. The van der Waals surface area contributed by atoms with E-state index in [9.17, 15) is 0 Å². The van der Waals surface area contributed by atoms with E-state index in [0.717, 1.165) is 25.3 Å². The molecule has 0 bridgehead atoms. The average Bonchev–Trinajstić information content (AvgIpc) is 2.18. The number of rotatable bonds is 7. The van der Waals surface area contributed by atoms with Crippen molar-refractivity contribution in [3.8, 4) is 0 Å². The van der Waals surface area contributed by atoms with Crippen LogP contribution in [-0.2, 0) is 0 Å². The molecule has 0 aliphatic rings. The van der Waals surface area contributed by atoms with Crippen LogP contribution in [0.4, 0.5) is 0 Å².